The lowest BCUT2D eigenvalue weighted by Crippen LogP contribution is -1.96. The van der Waals surface area contributed by atoms with E-state index >= 15 is 0 Å². The standard InChI is InChI=1S/C17H14N4OS/c1-11-21-14-6-5-12(8-16(14)22-11)19-9-13-10-20-17(23-13)15-4-2-3-7-18-15/h2-8,10,19H,9H2,1H3. The Bertz CT molecular complexity index is 946. The fourth-order valence-electron chi connectivity index (χ4n) is 2.34. The first-order valence-electron chi connectivity index (χ1n) is 7.25. The molecule has 0 atom stereocenters. The Morgan fingerprint density at radius 1 is 1.17 bits per heavy atom. The van der Waals surface area contributed by atoms with Crippen molar-refractivity contribution in [3.05, 3.63) is 59.6 Å². The molecule has 0 aliphatic carbocycles. The summed E-state index contributed by atoms with van der Waals surface area (Å²) in [4.78, 5) is 14.2. The van der Waals surface area contributed by atoms with E-state index in [1.807, 2.05) is 49.5 Å². The molecule has 0 unspecified atom stereocenters. The number of aryl methyl sites for hydroxylation is 1. The highest BCUT2D eigenvalue weighted by molar-refractivity contribution is 7.15. The van der Waals surface area contributed by atoms with Crippen molar-refractivity contribution in [2.24, 2.45) is 0 Å². The lowest BCUT2D eigenvalue weighted by molar-refractivity contribution is 0.561. The largest absolute Gasteiger partial charge is 0.441 e. The molecule has 3 heterocycles. The number of hydrogen-bond donors (Lipinski definition) is 1. The van der Waals surface area contributed by atoms with Gasteiger partial charge in [-0.2, -0.15) is 0 Å². The summed E-state index contributed by atoms with van der Waals surface area (Å²) >= 11 is 1.64. The van der Waals surface area contributed by atoms with Crippen LogP contribution in [0, 0.1) is 6.92 Å². The van der Waals surface area contributed by atoms with Crippen LogP contribution < -0.4 is 5.32 Å². The van der Waals surface area contributed by atoms with Gasteiger partial charge in [0, 0.05) is 35.9 Å². The summed E-state index contributed by atoms with van der Waals surface area (Å²) in [5.74, 6) is 0.680. The van der Waals surface area contributed by atoms with Crippen LogP contribution in [0.1, 0.15) is 10.8 Å². The lowest BCUT2D eigenvalue weighted by Gasteiger charge is -2.03. The third-order valence-electron chi connectivity index (χ3n) is 3.40. The van der Waals surface area contributed by atoms with E-state index in [-0.39, 0.29) is 0 Å². The molecule has 0 spiro atoms. The number of rotatable bonds is 4. The number of hydrogen-bond acceptors (Lipinski definition) is 6. The van der Waals surface area contributed by atoms with Crippen molar-refractivity contribution in [2.45, 2.75) is 13.5 Å². The number of nitrogens with zero attached hydrogens (tertiary/aromatic N) is 3. The van der Waals surface area contributed by atoms with E-state index in [1.54, 1.807) is 17.5 Å². The first kappa shape index (κ1) is 13.9. The number of aromatic nitrogens is 3. The van der Waals surface area contributed by atoms with E-state index < -0.39 is 0 Å². The molecule has 1 N–H and O–H groups in total. The summed E-state index contributed by atoms with van der Waals surface area (Å²) in [6.45, 7) is 2.56. The lowest BCUT2D eigenvalue weighted by atomic mass is 10.3. The fraction of sp³-hybridized carbons (Fsp3) is 0.118. The quantitative estimate of drug-likeness (QED) is 0.608. The van der Waals surface area contributed by atoms with Gasteiger partial charge in [-0.15, -0.1) is 11.3 Å². The van der Waals surface area contributed by atoms with Gasteiger partial charge in [-0.05, 0) is 24.3 Å². The average Bonchev–Trinajstić information content (AvgIpc) is 3.18. The fourth-order valence-corrected chi connectivity index (χ4v) is 3.16. The van der Waals surface area contributed by atoms with Crippen molar-refractivity contribution in [1.29, 1.82) is 0 Å². The summed E-state index contributed by atoms with van der Waals surface area (Å²) in [5, 5.41) is 4.32. The molecule has 0 radical (unpaired) electrons. The van der Waals surface area contributed by atoms with Crippen LogP contribution in [-0.2, 0) is 6.54 Å². The second-order valence-corrected chi connectivity index (χ2v) is 6.23. The highest BCUT2D eigenvalue weighted by Crippen LogP contribution is 2.25. The molecular formula is C17H14N4OS. The number of oxazole rings is 1. The van der Waals surface area contributed by atoms with E-state index in [4.69, 9.17) is 4.42 Å². The average molecular weight is 322 g/mol. The van der Waals surface area contributed by atoms with Gasteiger partial charge in [-0.3, -0.25) is 4.98 Å². The monoisotopic (exact) mass is 322 g/mol. The predicted octanol–water partition coefficient (Wildman–Crippen LogP) is 4.27. The van der Waals surface area contributed by atoms with Crippen molar-refractivity contribution in [3.8, 4) is 10.7 Å². The van der Waals surface area contributed by atoms with Crippen LogP contribution >= 0.6 is 11.3 Å². The number of pyridine rings is 1. The van der Waals surface area contributed by atoms with Gasteiger partial charge in [-0.25, -0.2) is 9.97 Å². The van der Waals surface area contributed by atoms with Crippen molar-refractivity contribution >= 4 is 28.1 Å². The molecule has 5 nitrogen and oxygen atoms in total. The minimum atomic E-state index is 0.680. The van der Waals surface area contributed by atoms with E-state index in [2.05, 4.69) is 20.3 Å². The molecule has 0 fully saturated rings. The Labute approximate surface area is 137 Å². The minimum absolute atomic E-state index is 0.680. The zero-order chi connectivity index (χ0) is 15.6. The molecule has 3 aromatic heterocycles. The van der Waals surface area contributed by atoms with Crippen LogP contribution in [0.3, 0.4) is 0 Å². The molecule has 0 amide bonds. The van der Waals surface area contributed by atoms with Gasteiger partial charge < -0.3 is 9.73 Å². The van der Waals surface area contributed by atoms with Gasteiger partial charge in [0.1, 0.15) is 10.5 Å². The van der Waals surface area contributed by atoms with Crippen LogP contribution in [0.4, 0.5) is 5.69 Å². The smallest absolute Gasteiger partial charge is 0.192 e. The highest BCUT2D eigenvalue weighted by Gasteiger charge is 2.06. The van der Waals surface area contributed by atoms with Gasteiger partial charge in [0.05, 0.1) is 12.2 Å². The van der Waals surface area contributed by atoms with Crippen LogP contribution in [0.15, 0.2) is 53.2 Å². The maximum absolute atomic E-state index is 5.55. The summed E-state index contributed by atoms with van der Waals surface area (Å²) in [6.07, 6.45) is 3.67. The van der Waals surface area contributed by atoms with E-state index in [1.165, 1.54) is 0 Å². The SMILES string of the molecule is Cc1nc2ccc(NCc3cnc(-c4ccccn4)s3)cc2o1. The Hall–Kier alpha value is -2.73. The van der Waals surface area contributed by atoms with Gasteiger partial charge in [-0.1, -0.05) is 6.07 Å². The highest BCUT2D eigenvalue weighted by atomic mass is 32.1. The molecule has 4 rings (SSSR count). The number of anilines is 1. The normalized spacial score (nSPS) is 11.0. The Morgan fingerprint density at radius 2 is 2.13 bits per heavy atom. The molecule has 0 saturated carbocycles. The molecular weight excluding hydrogens is 308 g/mol. The second-order valence-electron chi connectivity index (χ2n) is 5.12. The Balaban J connectivity index is 1.49. The van der Waals surface area contributed by atoms with Crippen LogP contribution in [0.5, 0.6) is 0 Å². The van der Waals surface area contributed by atoms with Crippen LogP contribution in [0.25, 0.3) is 21.8 Å². The summed E-state index contributed by atoms with van der Waals surface area (Å²) in [6, 6.07) is 11.8. The maximum Gasteiger partial charge on any atom is 0.192 e. The minimum Gasteiger partial charge on any atom is -0.441 e. The first-order valence-corrected chi connectivity index (χ1v) is 8.07. The maximum atomic E-state index is 5.55. The number of thiazole rings is 1. The number of nitrogens with one attached hydrogen (secondary N) is 1. The molecule has 0 bridgehead atoms. The van der Waals surface area contributed by atoms with Gasteiger partial charge in [0.2, 0.25) is 0 Å². The summed E-state index contributed by atoms with van der Waals surface area (Å²) in [5.41, 5.74) is 3.58. The van der Waals surface area contributed by atoms with E-state index in [0.29, 0.717) is 12.4 Å². The Kier molecular flexibility index (Phi) is 3.51. The number of benzene rings is 1. The third-order valence-corrected chi connectivity index (χ3v) is 4.42. The molecule has 0 aliphatic rings. The molecule has 4 aromatic rings. The second kappa shape index (κ2) is 5.81. The van der Waals surface area contributed by atoms with E-state index in [0.717, 1.165) is 32.4 Å². The third kappa shape index (κ3) is 2.93. The molecule has 0 saturated heterocycles. The van der Waals surface area contributed by atoms with Gasteiger partial charge >= 0.3 is 0 Å². The van der Waals surface area contributed by atoms with Crippen molar-refractivity contribution < 1.29 is 4.42 Å². The van der Waals surface area contributed by atoms with E-state index in [9.17, 15) is 0 Å². The Morgan fingerprint density at radius 3 is 3.00 bits per heavy atom. The topological polar surface area (TPSA) is 63.8 Å². The van der Waals surface area contributed by atoms with Gasteiger partial charge in [0.15, 0.2) is 11.5 Å². The van der Waals surface area contributed by atoms with Crippen molar-refractivity contribution in [2.75, 3.05) is 5.32 Å². The molecule has 6 heteroatoms. The molecule has 23 heavy (non-hydrogen) atoms. The summed E-state index contributed by atoms with van der Waals surface area (Å²) < 4.78 is 5.55. The number of fused-ring (bicyclic) bond motifs is 1. The molecule has 1 aromatic carbocycles. The van der Waals surface area contributed by atoms with Crippen molar-refractivity contribution in [1.82, 2.24) is 15.0 Å². The zero-order valence-electron chi connectivity index (χ0n) is 12.5. The molecule has 0 aliphatic heterocycles. The predicted molar refractivity (Wildman–Crippen MR) is 91.4 cm³/mol. The molecule has 114 valence electrons. The van der Waals surface area contributed by atoms with Crippen LogP contribution in [-0.4, -0.2) is 15.0 Å². The van der Waals surface area contributed by atoms with Gasteiger partial charge in [0.25, 0.3) is 0 Å². The first-order chi connectivity index (χ1) is 11.3. The summed E-state index contributed by atoms with van der Waals surface area (Å²) in [7, 11) is 0. The zero-order valence-corrected chi connectivity index (χ0v) is 13.3. The van der Waals surface area contributed by atoms with Crippen molar-refractivity contribution in [3.63, 3.8) is 0 Å². The van der Waals surface area contributed by atoms with Crippen LogP contribution in [0.2, 0.25) is 0 Å².